The normalized spacial score (nSPS) is 20.4. The summed E-state index contributed by atoms with van der Waals surface area (Å²) >= 11 is 0. The maximum absolute atomic E-state index is 12.3. The third-order valence-corrected chi connectivity index (χ3v) is 5.32. The summed E-state index contributed by atoms with van der Waals surface area (Å²) < 4.78 is 5.16. The van der Waals surface area contributed by atoms with Gasteiger partial charge in [0.1, 0.15) is 0 Å². The van der Waals surface area contributed by atoms with Crippen molar-refractivity contribution in [1.82, 2.24) is 16.0 Å². The first-order valence-electron chi connectivity index (χ1n) is 9.82. The summed E-state index contributed by atoms with van der Waals surface area (Å²) in [5.41, 5.74) is 5.19. The summed E-state index contributed by atoms with van der Waals surface area (Å²) in [6.45, 7) is 6.35. The standard InChI is InChI=1S/C21H29N3O3/c1-4-27-20(25)19-14(3)23-21(26)24-18(19)12-22-13(2)16-10-9-15-7-5-6-8-17(15)11-16/h9-11,13-14,22H,4-8,12H2,1-3H3,(H2,23,24,26). The van der Waals surface area contributed by atoms with Crippen molar-refractivity contribution in [3.05, 3.63) is 46.2 Å². The van der Waals surface area contributed by atoms with Crippen LogP contribution in [0.3, 0.4) is 0 Å². The zero-order chi connectivity index (χ0) is 19.4. The summed E-state index contributed by atoms with van der Waals surface area (Å²) in [5.74, 6) is -0.393. The smallest absolute Gasteiger partial charge is 0.337 e. The van der Waals surface area contributed by atoms with Gasteiger partial charge in [-0.05, 0) is 63.1 Å². The Morgan fingerprint density at radius 1 is 1.30 bits per heavy atom. The van der Waals surface area contributed by atoms with Crippen LogP contribution in [0.2, 0.25) is 0 Å². The van der Waals surface area contributed by atoms with Crippen LogP contribution in [0, 0.1) is 0 Å². The number of fused-ring (bicyclic) bond motifs is 1. The summed E-state index contributed by atoms with van der Waals surface area (Å²) in [6.07, 6.45) is 4.85. The van der Waals surface area contributed by atoms with Crippen LogP contribution in [0.5, 0.6) is 0 Å². The first-order valence-corrected chi connectivity index (χ1v) is 9.82. The molecule has 6 heteroatoms. The van der Waals surface area contributed by atoms with Gasteiger partial charge in [-0.25, -0.2) is 9.59 Å². The number of nitrogens with one attached hydrogen (secondary N) is 3. The second kappa shape index (κ2) is 8.57. The minimum atomic E-state index is -0.393. The lowest BCUT2D eigenvalue weighted by Crippen LogP contribution is -2.51. The minimum Gasteiger partial charge on any atom is -0.463 e. The monoisotopic (exact) mass is 371 g/mol. The van der Waals surface area contributed by atoms with Crippen molar-refractivity contribution in [2.24, 2.45) is 0 Å². The Kier molecular flexibility index (Phi) is 6.16. The van der Waals surface area contributed by atoms with E-state index in [0.717, 1.165) is 6.42 Å². The lowest BCUT2D eigenvalue weighted by molar-refractivity contribution is -0.139. The number of carbonyl (C=O) groups is 2. The quantitative estimate of drug-likeness (QED) is 0.672. The first kappa shape index (κ1) is 19.4. The third-order valence-electron chi connectivity index (χ3n) is 5.32. The average Bonchev–Trinajstić information content (AvgIpc) is 2.65. The van der Waals surface area contributed by atoms with Crippen molar-refractivity contribution < 1.29 is 14.3 Å². The fourth-order valence-corrected chi connectivity index (χ4v) is 3.81. The molecule has 0 fully saturated rings. The Labute approximate surface area is 160 Å². The maximum Gasteiger partial charge on any atom is 0.337 e. The Morgan fingerprint density at radius 2 is 2.04 bits per heavy atom. The highest BCUT2D eigenvalue weighted by molar-refractivity contribution is 5.94. The highest BCUT2D eigenvalue weighted by Gasteiger charge is 2.29. The average molecular weight is 371 g/mol. The predicted molar refractivity (Wildman–Crippen MR) is 104 cm³/mol. The predicted octanol–water partition coefficient (Wildman–Crippen LogP) is 2.73. The number of esters is 1. The molecule has 2 aliphatic rings. The second-order valence-electron chi connectivity index (χ2n) is 7.27. The molecule has 3 N–H and O–H groups in total. The van der Waals surface area contributed by atoms with Crippen molar-refractivity contribution in [2.45, 2.75) is 58.5 Å². The largest absolute Gasteiger partial charge is 0.463 e. The van der Waals surface area contributed by atoms with E-state index in [1.165, 1.54) is 36.0 Å². The number of benzene rings is 1. The number of amides is 2. The van der Waals surface area contributed by atoms with E-state index in [2.05, 4.69) is 41.1 Å². The molecular weight excluding hydrogens is 342 g/mol. The highest BCUT2D eigenvalue weighted by atomic mass is 16.5. The van der Waals surface area contributed by atoms with E-state index in [4.69, 9.17) is 4.74 Å². The molecule has 1 aliphatic carbocycles. The molecule has 146 valence electrons. The molecule has 2 atom stereocenters. The van der Waals surface area contributed by atoms with Gasteiger partial charge in [0.15, 0.2) is 0 Å². The Morgan fingerprint density at radius 3 is 2.78 bits per heavy atom. The number of ether oxygens (including phenoxy) is 1. The van der Waals surface area contributed by atoms with Crippen LogP contribution in [0.15, 0.2) is 29.5 Å². The molecule has 0 saturated heterocycles. The molecule has 6 nitrogen and oxygen atoms in total. The molecule has 1 aromatic carbocycles. The number of carbonyl (C=O) groups excluding carboxylic acids is 2. The van der Waals surface area contributed by atoms with Gasteiger partial charge in [-0.3, -0.25) is 0 Å². The molecule has 1 aromatic rings. The Hall–Kier alpha value is -2.34. The lowest BCUT2D eigenvalue weighted by atomic mass is 9.89. The topological polar surface area (TPSA) is 79.5 Å². The maximum atomic E-state index is 12.3. The van der Waals surface area contributed by atoms with Crippen molar-refractivity contribution in [3.8, 4) is 0 Å². The molecule has 3 rings (SSSR count). The number of hydrogen-bond acceptors (Lipinski definition) is 4. The van der Waals surface area contributed by atoms with E-state index in [-0.39, 0.29) is 18.1 Å². The minimum absolute atomic E-state index is 0.107. The number of aryl methyl sites for hydroxylation is 2. The molecule has 2 amide bonds. The molecule has 2 unspecified atom stereocenters. The van der Waals surface area contributed by atoms with Crippen LogP contribution in [0.1, 0.15) is 56.3 Å². The van der Waals surface area contributed by atoms with Crippen LogP contribution in [0.4, 0.5) is 4.79 Å². The van der Waals surface area contributed by atoms with Gasteiger partial charge < -0.3 is 20.7 Å². The summed E-state index contributed by atoms with van der Waals surface area (Å²) in [7, 11) is 0. The van der Waals surface area contributed by atoms with Crippen molar-refractivity contribution in [2.75, 3.05) is 13.2 Å². The zero-order valence-electron chi connectivity index (χ0n) is 16.4. The van der Waals surface area contributed by atoms with Crippen molar-refractivity contribution in [3.63, 3.8) is 0 Å². The molecule has 1 heterocycles. The SMILES string of the molecule is CCOC(=O)C1=C(CNC(C)c2ccc3c(c2)CCCC3)NC(=O)NC1C. The van der Waals surface area contributed by atoms with Crippen LogP contribution < -0.4 is 16.0 Å². The van der Waals surface area contributed by atoms with Gasteiger partial charge in [0.05, 0.1) is 18.2 Å². The Bertz CT molecular complexity index is 757. The van der Waals surface area contributed by atoms with E-state index in [9.17, 15) is 9.59 Å². The molecule has 0 saturated carbocycles. The highest BCUT2D eigenvalue weighted by Crippen LogP contribution is 2.25. The van der Waals surface area contributed by atoms with Crippen LogP contribution in [-0.2, 0) is 22.4 Å². The van der Waals surface area contributed by atoms with Gasteiger partial charge in [-0.2, -0.15) is 0 Å². The summed E-state index contributed by atoms with van der Waals surface area (Å²) in [6, 6.07) is 6.13. The fourth-order valence-electron chi connectivity index (χ4n) is 3.81. The fraction of sp³-hybridized carbons (Fsp3) is 0.524. The molecule has 0 radical (unpaired) electrons. The van der Waals surface area contributed by atoms with Crippen LogP contribution in [-0.4, -0.2) is 31.2 Å². The van der Waals surface area contributed by atoms with Gasteiger partial charge in [-0.15, -0.1) is 0 Å². The van der Waals surface area contributed by atoms with Gasteiger partial charge in [-0.1, -0.05) is 18.2 Å². The number of rotatable bonds is 6. The van der Waals surface area contributed by atoms with E-state index in [1.54, 1.807) is 13.8 Å². The number of urea groups is 1. The molecule has 27 heavy (non-hydrogen) atoms. The summed E-state index contributed by atoms with van der Waals surface area (Å²) in [5, 5.41) is 8.91. The molecule has 0 aromatic heterocycles. The molecule has 0 spiro atoms. The van der Waals surface area contributed by atoms with E-state index < -0.39 is 5.97 Å². The van der Waals surface area contributed by atoms with Crippen LogP contribution >= 0.6 is 0 Å². The molecule has 1 aliphatic heterocycles. The lowest BCUT2D eigenvalue weighted by Gasteiger charge is -2.28. The summed E-state index contributed by atoms with van der Waals surface area (Å²) in [4.78, 5) is 24.2. The molecule has 0 bridgehead atoms. The van der Waals surface area contributed by atoms with Gasteiger partial charge in [0, 0.05) is 18.3 Å². The van der Waals surface area contributed by atoms with Crippen LogP contribution in [0.25, 0.3) is 0 Å². The van der Waals surface area contributed by atoms with Gasteiger partial charge in [0.25, 0.3) is 0 Å². The van der Waals surface area contributed by atoms with Crippen molar-refractivity contribution in [1.29, 1.82) is 0 Å². The van der Waals surface area contributed by atoms with Gasteiger partial charge in [0.2, 0.25) is 0 Å². The third kappa shape index (κ3) is 4.50. The first-order chi connectivity index (χ1) is 13.0. The van der Waals surface area contributed by atoms with Crippen molar-refractivity contribution >= 4 is 12.0 Å². The van der Waals surface area contributed by atoms with Gasteiger partial charge >= 0.3 is 12.0 Å². The Balaban J connectivity index is 1.73. The van der Waals surface area contributed by atoms with E-state index in [0.29, 0.717) is 24.4 Å². The number of hydrogen-bond donors (Lipinski definition) is 3. The van der Waals surface area contributed by atoms with E-state index >= 15 is 0 Å². The zero-order valence-corrected chi connectivity index (χ0v) is 16.4. The molecular formula is C21H29N3O3. The van der Waals surface area contributed by atoms with E-state index in [1.807, 2.05) is 0 Å². The second-order valence-corrected chi connectivity index (χ2v) is 7.27.